The Balaban J connectivity index is 2.80. The molecule has 1 aromatic heterocycles. The fourth-order valence-electron chi connectivity index (χ4n) is 1.10. The molecular formula is C10H15N3O4. The SMILES string of the molecule is CCONC(=O)c1ccc(=O)n(CCOC)n1. The van der Waals surface area contributed by atoms with Gasteiger partial charge in [0, 0.05) is 13.2 Å². The third kappa shape index (κ3) is 3.97. The normalized spacial score (nSPS) is 10.2. The highest BCUT2D eigenvalue weighted by Crippen LogP contribution is 1.91. The number of carbonyl (C=O) groups is 1. The summed E-state index contributed by atoms with van der Waals surface area (Å²) in [6.45, 7) is 2.75. The molecule has 1 aromatic rings. The lowest BCUT2D eigenvalue weighted by atomic mass is 10.4. The number of hydrogen-bond donors (Lipinski definition) is 1. The van der Waals surface area contributed by atoms with Crippen LogP contribution < -0.4 is 11.0 Å². The molecular weight excluding hydrogens is 226 g/mol. The number of hydrogen-bond acceptors (Lipinski definition) is 5. The van der Waals surface area contributed by atoms with E-state index in [-0.39, 0.29) is 11.3 Å². The van der Waals surface area contributed by atoms with Crippen LogP contribution in [-0.2, 0) is 16.1 Å². The fourth-order valence-corrected chi connectivity index (χ4v) is 1.10. The monoisotopic (exact) mass is 241 g/mol. The molecule has 0 atom stereocenters. The number of nitrogens with zero attached hydrogens (tertiary/aromatic N) is 2. The summed E-state index contributed by atoms with van der Waals surface area (Å²) in [4.78, 5) is 27.6. The highest BCUT2D eigenvalue weighted by Gasteiger charge is 2.09. The van der Waals surface area contributed by atoms with Crippen LogP contribution in [0.5, 0.6) is 0 Å². The zero-order valence-electron chi connectivity index (χ0n) is 9.80. The Morgan fingerprint density at radius 1 is 1.53 bits per heavy atom. The van der Waals surface area contributed by atoms with Crippen LogP contribution in [0.15, 0.2) is 16.9 Å². The van der Waals surface area contributed by atoms with Crippen LogP contribution in [0.4, 0.5) is 0 Å². The lowest BCUT2D eigenvalue weighted by Crippen LogP contribution is -2.30. The molecule has 94 valence electrons. The molecule has 0 aliphatic heterocycles. The van der Waals surface area contributed by atoms with E-state index >= 15 is 0 Å². The largest absolute Gasteiger partial charge is 0.383 e. The lowest BCUT2D eigenvalue weighted by Gasteiger charge is -2.06. The Morgan fingerprint density at radius 3 is 2.94 bits per heavy atom. The van der Waals surface area contributed by atoms with E-state index in [1.807, 2.05) is 0 Å². The van der Waals surface area contributed by atoms with E-state index in [1.165, 1.54) is 23.9 Å². The molecule has 0 bridgehead atoms. The summed E-state index contributed by atoms with van der Waals surface area (Å²) in [6, 6.07) is 2.63. The molecule has 0 radical (unpaired) electrons. The second-order valence-corrected chi connectivity index (χ2v) is 3.14. The highest BCUT2D eigenvalue weighted by atomic mass is 16.6. The Hall–Kier alpha value is -1.73. The minimum absolute atomic E-state index is 0.120. The van der Waals surface area contributed by atoms with Gasteiger partial charge in [-0.1, -0.05) is 0 Å². The summed E-state index contributed by atoms with van der Waals surface area (Å²) < 4.78 is 6.01. The molecule has 0 aliphatic carbocycles. The second kappa shape index (κ2) is 6.77. The summed E-state index contributed by atoms with van der Waals surface area (Å²) in [7, 11) is 1.52. The van der Waals surface area contributed by atoms with Crippen molar-refractivity contribution in [3.63, 3.8) is 0 Å². The van der Waals surface area contributed by atoms with Gasteiger partial charge in [0.05, 0.1) is 19.8 Å². The van der Waals surface area contributed by atoms with Gasteiger partial charge in [0.2, 0.25) is 0 Å². The van der Waals surface area contributed by atoms with Crippen molar-refractivity contribution >= 4 is 5.91 Å². The maximum absolute atomic E-state index is 11.5. The van der Waals surface area contributed by atoms with Crippen LogP contribution in [0.1, 0.15) is 17.4 Å². The van der Waals surface area contributed by atoms with Crippen molar-refractivity contribution in [1.29, 1.82) is 0 Å². The van der Waals surface area contributed by atoms with Crippen LogP contribution >= 0.6 is 0 Å². The van der Waals surface area contributed by atoms with Crippen molar-refractivity contribution < 1.29 is 14.4 Å². The van der Waals surface area contributed by atoms with Crippen molar-refractivity contribution in [2.24, 2.45) is 0 Å². The van der Waals surface area contributed by atoms with E-state index < -0.39 is 5.91 Å². The van der Waals surface area contributed by atoms with Gasteiger partial charge in [-0.15, -0.1) is 0 Å². The van der Waals surface area contributed by atoms with E-state index in [0.29, 0.717) is 19.8 Å². The second-order valence-electron chi connectivity index (χ2n) is 3.14. The predicted molar refractivity (Wildman–Crippen MR) is 59.5 cm³/mol. The third-order valence-corrected chi connectivity index (χ3v) is 1.92. The first-order valence-corrected chi connectivity index (χ1v) is 5.18. The van der Waals surface area contributed by atoms with Gasteiger partial charge in [0.1, 0.15) is 0 Å². The summed E-state index contributed by atoms with van der Waals surface area (Å²) in [5.74, 6) is -0.488. The van der Waals surface area contributed by atoms with Gasteiger partial charge < -0.3 is 4.74 Å². The Kier molecular flexibility index (Phi) is 5.31. The van der Waals surface area contributed by atoms with Crippen molar-refractivity contribution in [3.8, 4) is 0 Å². The molecule has 1 heterocycles. The molecule has 17 heavy (non-hydrogen) atoms. The molecule has 0 aliphatic rings. The molecule has 0 unspecified atom stereocenters. The van der Waals surface area contributed by atoms with Gasteiger partial charge in [-0.25, -0.2) is 10.2 Å². The first kappa shape index (κ1) is 13.3. The summed E-state index contributed by atoms with van der Waals surface area (Å²) in [6.07, 6.45) is 0. The summed E-state index contributed by atoms with van der Waals surface area (Å²) >= 11 is 0. The minimum Gasteiger partial charge on any atom is -0.383 e. The molecule has 0 fully saturated rings. The number of amides is 1. The minimum atomic E-state index is -0.488. The first-order valence-electron chi connectivity index (χ1n) is 5.18. The van der Waals surface area contributed by atoms with Crippen LogP contribution in [0, 0.1) is 0 Å². The molecule has 7 nitrogen and oxygen atoms in total. The molecule has 0 aromatic carbocycles. The number of hydroxylamine groups is 1. The van der Waals surface area contributed by atoms with Crippen LogP contribution in [0.2, 0.25) is 0 Å². The zero-order chi connectivity index (χ0) is 12.7. The Labute approximate surface area is 98.3 Å². The number of ether oxygens (including phenoxy) is 1. The molecule has 0 spiro atoms. The van der Waals surface area contributed by atoms with Crippen molar-refractivity contribution in [3.05, 3.63) is 28.2 Å². The van der Waals surface area contributed by atoms with Crippen molar-refractivity contribution in [2.75, 3.05) is 20.3 Å². The van der Waals surface area contributed by atoms with Crippen LogP contribution in [0.25, 0.3) is 0 Å². The number of nitrogens with one attached hydrogen (secondary N) is 1. The topological polar surface area (TPSA) is 82.5 Å². The third-order valence-electron chi connectivity index (χ3n) is 1.92. The standard InChI is InChI=1S/C10H15N3O4/c1-3-17-12-10(15)8-4-5-9(14)13(11-8)6-7-16-2/h4-5H,3,6-7H2,1-2H3,(H,12,15). The molecule has 1 amide bonds. The van der Waals surface area contributed by atoms with Crippen LogP contribution in [-0.4, -0.2) is 36.0 Å². The van der Waals surface area contributed by atoms with Gasteiger partial charge in [-0.2, -0.15) is 5.10 Å². The maximum atomic E-state index is 11.5. The quantitative estimate of drug-likeness (QED) is 0.683. The molecule has 0 saturated carbocycles. The summed E-state index contributed by atoms with van der Waals surface area (Å²) in [5, 5.41) is 3.89. The van der Waals surface area contributed by atoms with Gasteiger partial charge >= 0.3 is 0 Å². The number of methoxy groups -OCH3 is 1. The first-order chi connectivity index (χ1) is 8.19. The van der Waals surface area contributed by atoms with E-state index in [4.69, 9.17) is 9.57 Å². The van der Waals surface area contributed by atoms with Crippen LogP contribution in [0.3, 0.4) is 0 Å². The molecule has 7 heteroatoms. The Morgan fingerprint density at radius 2 is 2.29 bits per heavy atom. The fraction of sp³-hybridized carbons (Fsp3) is 0.500. The average Bonchev–Trinajstić information content (AvgIpc) is 2.35. The van der Waals surface area contributed by atoms with Gasteiger partial charge in [0.25, 0.3) is 11.5 Å². The van der Waals surface area contributed by atoms with E-state index in [1.54, 1.807) is 6.92 Å². The Bertz CT molecular complexity index is 430. The van der Waals surface area contributed by atoms with E-state index in [0.717, 1.165) is 0 Å². The van der Waals surface area contributed by atoms with Crippen molar-refractivity contribution in [2.45, 2.75) is 13.5 Å². The predicted octanol–water partition coefficient (Wildman–Crippen LogP) is -0.429. The zero-order valence-corrected chi connectivity index (χ0v) is 9.80. The van der Waals surface area contributed by atoms with E-state index in [2.05, 4.69) is 10.6 Å². The summed E-state index contributed by atoms with van der Waals surface area (Å²) in [5.41, 5.74) is 2.04. The van der Waals surface area contributed by atoms with Crippen molar-refractivity contribution in [1.82, 2.24) is 15.3 Å². The number of rotatable bonds is 6. The number of carbonyl (C=O) groups excluding carboxylic acids is 1. The van der Waals surface area contributed by atoms with Gasteiger partial charge in [-0.05, 0) is 13.0 Å². The van der Waals surface area contributed by atoms with Gasteiger partial charge in [0.15, 0.2) is 5.69 Å². The molecule has 1 rings (SSSR count). The van der Waals surface area contributed by atoms with Gasteiger partial charge in [-0.3, -0.25) is 14.4 Å². The molecule has 0 saturated heterocycles. The lowest BCUT2D eigenvalue weighted by molar-refractivity contribution is 0.0357. The average molecular weight is 241 g/mol. The smallest absolute Gasteiger partial charge is 0.295 e. The highest BCUT2D eigenvalue weighted by molar-refractivity contribution is 5.91. The molecule has 1 N–H and O–H groups in total. The maximum Gasteiger partial charge on any atom is 0.295 e. The van der Waals surface area contributed by atoms with E-state index in [9.17, 15) is 9.59 Å². The number of aromatic nitrogens is 2.